The maximum absolute atomic E-state index is 12.9. The highest BCUT2D eigenvalue weighted by atomic mass is 32.1. The van der Waals surface area contributed by atoms with E-state index in [9.17, 15) is 24.0 Å². The Kier molecular flexibility index (Phi) is 8.98. The Labute approximate surface area is 184 Å². The first kappa shape index (κ1) is 24.3. The van der Waals surface area contributed by atoms with Crippen LogP contribution in [0.5, 0.6) is 0 Å². The van der Waals surface area contributed by atoms with E-state index in [1.807, 2.05) is 17.5 Å². The van der Waals surface area contributed by atoms with Crippen molar-refractivity contribution in [3.8, 4) is 0 Å². The summed E-state index contributed by atoms with van der Waals surface area (Å²) < 4.78 is 0. The van der Waals surface area contributed by atoms with Gasteiger partial charge in [0.15, 0.2) is 0 Å². The highest BCUT2D eigenvalue weighted by Crippen LogP contribution is 2.16. The second-order valence-electron chi connectivity index (χ2n) is 7.78. The first-order chi connectivity index (χ1) is 14.7. The molecule has 2 heterocycles. The van der Waals surface area contributed by atoms with Crippen molar-refractivity contribution in [3.63, 3.8) is 0 Å². The van der Waals surface area contributed by atoms with Crippen molar-refractivity contribution in [2.45, 2.75) is 51.2 Å². The second-order valence-corrected chi connectivity index (χ2v) is 8.81. The summed E-state index contributed by atoms with van der Waals surface area (Å²) in [6, 6.07) is 0.698. The van der Waals surface area contributed by atoms with Gasteiger partial charge in [-0.1, -0.05) is 19.9 Å². The summed E-state index contributed by atoms with van der Waals surface area (Å²) in [7, 11) is 0. The SMILES string of the molecule is CC(C)[C@H](NC(=O)O)C(=O)N[C@@H](Cc1cccs1)C(=O)N[C@H](C=O)C[C@@H]1CCNC1=O. The molecule has 1 aromatic rings. The number of amides is 4. The lowest BCUT2D eigenvalue weighted by molar-refractivity contribution is -0.131. The Balaban J connectivity index is 2.10. The van der Waals surface area contributed by atoms with Crippen LogP contribution in [0.4, 0.5) is 4.79 Å². The first-order valence-corrected chi connectivity index (χ1v) is 10.9. The van der Waals surface area contributed by atoms with Gasteiger partial charge in [-0.3, -0.25) is 14.4 Å². The molecule has 0 aliphatic carbocycles. The molecule has 1 fully saturated rings. The molecule has 4 amide bonds. The van der Waals surface area contributed by atoms with Crippen LogP contribution in [0.25, 0.3) is 0 Å². The fourth-order valence-electron chi connectivity index (χ4n) is 3.38. The van der Waals surface area contributed by atoms with Gasteiger partial charge in [-0.25, -0.2) is 4.79 Å². The molecular weight excluding hydrogens is 424 g/mol. The summed E-state index contributed by atoms with van der Waals surface area (Å²) in [6.45, 7) is 3.90. The van der Waals surface area contributed by atoms with Gasteiger partial charge in [0.1, 0.15) is 18.4 Å². The van der Waals surface area contributed by atoms with Crippen molar-refractivity contribution >= 4 is 41.4 Å². The van der Waals surface area contributed by atoms with Crippen molar-refractivity contribution in [2.75, 3.05) is 6.54 Å². The molecule has 31 heavy (non-hydrogen) atoms. The maximum atomic E-state index is 12.9. The van der Waals surface area contributed by atoms with Crippen LogP contribution in [0.2, 0.25) is 0 Å². The van der Waals surface area contributed by atoms with E-state index >= 15 is 0 Å². The Morgan fingerprint density at radius 3 is 2.52 bits per heavy atom. The third-order valence-electron chi connectivity index (χ3n) is 5.04. The van der Waals surface area contributed by atoms with Gasteiger partial charge in [-0.05, 0) is 30.2 Å². The molecule has 170 valence electrons. The van der Waals surface area contributed by atoms with E-state index in [-0.39, 0.29) is 30.6 Å². The van der Waals surface area contributed by atoms with Crippen molar-refractivity contribution in [3.05, 3.63) is 22.4 Å². The number of rotatable bonds is 11. The summed E-state index contributed by atoms with van der Waals surface area (Å²) in [4.78, 5) is 60.8. The predicted molar refractivity (Wildman–Crippen MR) is 113 cm³/mol. The zero-order chi connectivity index (χ0) is 23.0. The van der Waals surface area contributed by atoms with Gasteiger partial charge in [0.05, 0.1) is 6.04 Å². The number of carbonyl (C=O) groups excluding carboxylic acids is 4. The number of carboxylic acid groups (broad SMARTS) is 1. The maximum Gasteiger partial charge on any atom is 0.405 e. The lowest BCUT2D eigenvalue weighted by Crippen LogP contribution is -2.57. The molecule has 0 aromatic carbocycles. The quantitative estimate of drug-likeness (QED) is 0.304. The van der Waals surface area contributed by atoms with Gasteiger partial charge < -0.3 is 31.2 Å². The first-order valence-electron chi connectivity index (χ1n) is 10.1. The molecule has 0 spiro atoms. The molecular formula is C20H28N4O6S. The minimum Gasteiger partial charge on any atom is -0.465 e. The van der Waals surface area contributed by atoms with Gasteiger partial charge in [-0.2, -0.15) is 0 Å². The average Bonchev–Trinajstić information content (AvgIpc) is 3.36. The highest BCUT2D eigenvalue weighted by Gasteiger charge is 2.32. The van der Waals surface area contributed by atoms with Crippen molar-refractivity contribution in [2.24, 2.45) is 11.8 Å². The molecule has 5 N–H and O–H groups in total. The molecule has 1 aromatic heterocycles. The van der Waals surface area contributed by atoms with Gasteiger partial charge >= 0.3 is 6.09 Å². The van der Waals surface area contributed by atoms with Gasteiger partial charge in [0.2, 0.25) is 17.7 Å². The molecule has 0 saturated carbocycles. The summed E-state index contributed by atoms with van der Waals surface area (Å²) in [5.41, 5.74) is 0. The highest BCUT2D eigenvalue weighted by molar-refractivity contribution is 7.09. The van der Waals surface area contributed by atoms with Crippen LogP contribution in [-0.4, -0.2) is 59.9 Å². The zero-order valence-corrected chi connectivity index (χ0v) is 18.2. The van der Waals surface area contributed by atoms with E-state index in [2.05, 4.69) is 21.3 Å². The molecule has 11 heteroatoms. The molecule has 4 atom stereocenters. The van der Waals surface area contributed by atoms with E-state index in [4.69, 9.17) is 5.11 Å². The standard InChI is InChI=1S/C20H28N4O6S/c1-11(2)16(24-20(29)30)19(28)23-15(9-14-4-3-7-31-14)18(27)22-13(10-25)8-12-5-6-21-17(12)26/h3-4,7,10-13,15-16,24H,5-6,8-9H2,1-2H3,(H,21,26)(H,22,27)(H,23,28)(H,29,30)/t12-,13-,15-,16-/m0/s1. The van der Waals surface area contributed by atoms with Crippen molar-refractivity contribution in [1.82, 2.24) is 21.3 Å². The van der Waals surface area contributed by atoms with E-state index in [1.54, 1.807) is 13.8 Å². The summed E-state index contributed by atoms with van der Waals surface area (Å²) >= 11 is 1.41. The molecule has 1 saturated heterocycles. The minimum atomic E-state index is -1.34. The van der Waals surface area contributed by atoms with Gasteiger partial charge in [0.25, 0.3) is 0 Å². The number of carbonyl (C=O) groups is 5. The largest absolute Gasteiger partial charge is 0.465 e. The summed E-state index contributed by atoms with van der Waals surface area (Å²) in [5, 5.41) is 20.9. The summed E-state index contributed by atoms with van der Waals surface area (Å²) in [6.07, 6.45) is 0.185. The third-order valence-corrected chi connectivity index (χ3v) is 5.94. The fourth-order valence-corrected chi connectivity index (χ4v) is 4.13. The number of nitrogens with one attached hydrogen (secondary N) is 4. The Hall–Kier alpha value is -2.95. The number of hydrogen-bond acceptors (Lipinski definition) is 6. The van der Waals surface area contributed by atoms with E-state index < -0.39 is 36.0 Å². The smallest absolute Gasteiger partial charge is 0.405 e. The molecule has 0 radical (unpaired) electrons. The lowest BCUT2D eigenvalue weighted by Gasteiger charge is -2.25. The van der Waals surface area contributed by atoms with Crippen LogP contribution < -0.4 is 21.3 Å². The van der Waals surface area contributed by atoms with Gasteiger partial charge in [-0.15, -0.1) is 11.3 Å². The van der Waals surface area contributed by atoms with Crippen LogP contribution >= 0.6 is 11.3 Å². The van der Waals surface area contributed by atoms with Crippen molar-refractivity contribution < 1.29 is 29.1 Å². The van der Waals surface area contributed by atoms with Crippen molar-refractivity contribution in [1.29, 1.82) is 0 Å². The predicted octanol–water partition coefficient (Wildman–Crippen LogP) is 0.278. The lowest BCUT2D eigenvalue weighted by atomic mass is 9.98. The van der Waals surface area contributed by atoms with Crippen LogP contribution in [0.3, 0.4) is 0 Å². The second kappa shape index (κ2) is 11.4. The fraction of sp³-hybridized carbons (Fsp3) is 0.550. The minimum absolute atomic E-state index is 0.149. The molecule has 0 unspecified atom stereocenters. The van der Waals surface area contributed by atoms with Gasteiger partial charge in [0, 0.05) is 23.8 Å². The van der Waals surface area contributed by atoms with Crippen LogP contribution in [0.1, 0.15) is 31.6 Å². The topological polar surface area (TPSA) is 154 Å². The Morgan fingerprint density at radius 1 is 1.26 bits per heavy atom. The van der Waals surface area contributed by atoms with Crippen LogP contribution in [0, 0.1) is 11.8 Å². The van der Waals surface area contributed by atoms with Crippen LogP contribution in [-0.2, 0) is 25.6 Å². The third kappa shape index (κ3) is 7.35. The molecule has 0 bridgehead atoms. The normalized spacial score (nSPS) is 18.5. The average molecular weight is 453 g/mol. The summed E-state index contributed by atoms with van der Waals surface area (Å²) in [5.74, 6) is -2.05. The molecule has 2 rings (SSSR count). The number of hydrogen-bond donors (Lipinski definition) is 5. The molecule has 1 aliphatic rings. The molecule has 10 nitrogen and oxygen atoms in total. The van der Waals surface area contributed by atoms with E-state index in [0.717, 1.165) is 4.88 Å². The Bertz CT molecular complexity index is 798. The van der Waals surface area contributed by atoms with Crippen LogP contribution in [0.15, 0.2) is 17.5 Å². The van der Waals surface area contributed by atoms with E-state index in [0.29, 0.717) is 19.3 Å². The monoisotopic (exact) mass is 452 g/mol. The number of thiophene rings is 1. The number of aldehydes is 1. The zero-order valence-electron chi connectivity index (χ0n) is 17.4. The van der Waals surface area contributed by atoms with E-state index in [1.165, 1.54) is 11.3 Å². The Morgan fingerprint density at radius 2 is 2.00 bits per heavy atom. The molecule has 1 aliphatic heterocycles.